The summed E-state index contributed by atoms with van der Waals surface area (Å²) in [6, 6.07) is 0. The van der Waals surface area contributed by atoms with Gasteiger partial charge in [-0.1, -0.05) is 0 Å². The molecule has 0 aromatic carbocycles. The minimum Gasteiger partial charge on any atom is -0.272 e. The van der Waals surface area contributed by atoms with E-state index in [0.717, 1.165) is 0 Å². The van der Waals surface area contributed by atoms with Gasteiger partial charge < -0.3 is 0 Å². The topological polar surface area (TPSA) is 59.8 Å². The summed E-state index contributed by atoms with van der Waals surface area (Å²) in [5.74, 6) is -0.187. The van der Waals surface area contributed by atoms with Crippen molar-refractivity contribution in [2.45, 2.75) is 12.2 Å². The maximum absolute atomic E-state index is 10.9. The fourth-order valence-electron chi connectivity index (χ4n) is 0.479. The van der Waals surface area contributed by atoms with Crippen LogP contribution in [-0.4, -0.2) is 26.0 Å². The highest BCUT2D eigenvalue weighted by Crippen LogP contribution is 1.92. The van der Waals surface area contributed by atoms with Gasteiger partial charge in [-0.3, -0.25) is 10.2 Å². The average Bonchev–Trinajstić information content (AvgIpc) is 2.39. The first-order chi connectivity index (χ1) is 5.20. The van der Waals surface area contributed by atoms with Gasteiger partial charge in [-0.2, -0.15) is 12.6 Å². The molecule has 1 rings (SSSR count). The first-order valence-corrected chi connectivity index (χ1v) is 3.55. The molecule has 1 aromatic rings. The van der Waals surface area contributed by atoms with E-state index < -0.39 is 0 Å². The summed E-state index contributed by atoms with van der Waals surface area (Å²) in [7, 11) is 0. The molecule has 0 bridgehead atoms. The highest BCUT2D eigenvalue weighted by atomic mass is 32.1. The minimum absolute atomic E-state index is 0.187. The molecule has 0 aliphatic heterocycles. The molecule has 60 valence electrons. The third-order valence-electron chi connectivity index (χ3n) is 1.04. The van der Waals surface area contributed by atoms with Crippen molar-refractivity contribution in [3.8, 4) is 0 Å². The number of nitrogens with zero attached hydrogens (tertiary/aromatic N) is 3. The summed E-state index contributed by atoms with van der Waals surface area (Å²) in [6.45, 7) is 1.68. The molecular weight excluding hydrogens is 164 g/mol. The largest absolute Gasteiger partial charge is 0.272 e. The number of aromatic nitrogens is 3. The van der Waals surface area contributed by atoms with Crippen LogP contribution in [0.3, 0.4) is 0 Å². The standard InChI is InChI=1S/C5H8N4OS/c1-4(11)5(10)8-9-2-6-7-3-9/h2-4,11H,1H3,(H,8,10). The van der Waals surface area contributed by atoms with Crippen LogP contribution < -0.4 is 5.43 Å². The molecule has 0 fully saturated rings. The van der Waals surface area contributed by atoms with Crippen molar-refractivity contribution in [1.82, 2.24) is 14.9 Å². The Hall–Kier alpha value is -1.04. The second-order valence-electron chi connectivity index (χ2n) is 2.02. The van der Waals surface area contributed by atoms with Crippen molar-refractivity contribution >= 4 is 18.5 Å². The second-order valence-corrected chi connectivity index (χ2v) is 2.80. The first-order valence-electron chi connectivity index (χ1n) is 3.03. The van der Waals surface area contributed by atoms with Gasteiger partial charge in [0.15, 0.2) is 0 Å². The van der Waals surface area contributed by atoms with E-state index in [4.69, 9.17) is 0 Å². The third-order valence-corrected chi connectivity index (χ3v) is 1.27. The quantitative estimate of drug-likeness (QED) is 0.600. The Labute approximate surface area is 69.2 Å². The summed E-state index contributed by atoms with van der Waals surface area (Å²) < 4.78 is 1.37. The van der Waals surface area contributed by atoms with Crippen molar-refractivity contribution in [1.29, 1.82) is 0 Å². The van der Waals surface area contributed by atoms with Crippen LogP contribution in [-0.2, 0) is 4.79 Å². The summed E-state index contributed by atoms with van der Waals surface area (Å²) in [4.78, 5) is 10.9. The second kappa shape index (κ2) is 3.38. The van der Waals surface area contributed by atoms with Crippen LogP contribution in [0.2, 0.25) is 0 Å². The Kier molecular flexibility index (Phi) is 2.48. The zero-order valence-corrected chi connectivity index (χ0v) is 6.82. The lowest BCUT2D eigenvalue weighted by atomic mass is 10.5. The maximum Gasteiger partial charge on any atom is 0.251 e. The first kappa shape index (κ1) is 8.06. The molecule has 0 radical (unpaired) electrons. The number of thiol groups is 1. The van der Waals surface area contributed by atoms with Crippen LogP contribution in [0.4, 0.5) is 0 Å². The normalized spacial score (nSPS) is 12.5. The van der Waals surface area contributed by atoms with Gasteiger partial charge in [-0.05, 0) is 6.92 Å². The SMILES string of the molecule is CC(S)C(=O)Nn1cnnc1. The lowest BCUT2D eigenvalue weighted by molar-refractivity contribution is -0.116. The molecule has 0 aliphatic rings. The van der Waals surface area contributed by atoms with Crippen molar-refractivity contribution < 1.29 is 4.79 Å². The van der Waals surface area contributed by atoms with Crippen molar-refractivity contribution in [2.75, 3.05) is 5.43 Å². The van der Waals surface area contributed by atoms with E-state index in [1.54, 1.807) is 6.92 Å². The van der Waals surface area contributed by atoms with Gasteiger partial charge in [0.2, 0.25) is 0 Å². The van der Waals surface area contributed by atoms with E-state index in [0.29, 0.717) is 0 Å². The van der Waals surface area contributed by atoms with Crippen LogP contribution in [0.25, 0.3) is 0 Å². The zero-order valence-electron chi connectivity index (χ0n) is 5.93. The van der Waals surface area contributed by atoms with Gasteiger partial charge >= 0.3 is 0 Å². The Morgan fingerprint density at radius 3 is 2.64 bits per heavy atom. The number of rotatable bonds is 2. The predicted octanol–water partition coefficient (Wildman–Crippen LogP) is -0.334. The molecule has 11 heavy (non-hydrogen) atoms. The number of amides is 1. The minimum atomic E-state index is -0.336. The molecule has 5 nitrogen and oxygen atoms in total. The zero-order chi connectivity index (χ0) is 8.27. The summed E-state index contributed by atoms with van der Waals surface area (Å²) in [5, 5.41) is 6.68. The number of carbonyl (C=O) groups excluding carboxylic acids is 1. The van der Waals surface area contributed by atoms with E-state index in [1.165, 1.54) is 17.3 Å². The van der Waals surface area contributed by atoms with Crippen LogP contribution in [0.15, 0.2) is 12.7 Å². The molecule has 1 unspecified atom stereocenters. The number of nitrogens with one attached hydrogen (secondary N) is 1. The lowest BCUT2D eigenvalue weighted by Crippen LogP contribution is -2.27. The molecule has 0 aliphatic carbocycles. The predicted molar refractivity (Wildman–Crippen MR) is 42.8 cm³/mol. The molecular formula is C5H8N4OS. The third kappa shape index (κ3) is 2.23. The summed E-state index contributed by atoms with van der Waals surface area (Å²) >= 11 is 3.94. The molecule has 0 spiro atoms. The monoisotopic (exact) mass is 172 g/mol. The van der Waals surface area contributed by atoms with Crippen molar-refractivity contribution in [3.63, 3.8) is 0 Å². The summed E-state index contributed by atoms with van der Waals surface area (Å²) in [5.41, 5.74) is 2.50. The van der Waals surface area contributed by atoms with Crippen LogP contribution in [0.5, 0.6) is 0 Å². The molecule has 1 heterocycles. The van der Waals surface area contributed by atoms with Crippen molar-refractivity contribution in [3.05, 3.63) is 12.7 Å². The Morgan fingerprint density at radius 2 is 2.18 bits per heavy atom. The highest BCUT2D eigenvalue weighted by molar-refractivity contribution is 7.81. The van der Waals surface area contributed by atoms with Crippen LogP contribution in [0.1, 0.15) is 6.92 Å². The lowest BCUT2D eigenvalue weighted by Gasteiger charge is -2.05. The molecule has 1 aromatic heterocycles. The Bertz CT molecular complexity index is 233. The molecule has 1 amide bonds. The van der Waals surface area contributed by atoms with E-state index in [-0.39, 0.29) is 11.2 Å². The van der Waals surface area contributed by atoms with E-state index in [2.05, 4.69) is 28.3 Å². The summed E-state index contributed by atoms with van der Waals surface area (Å²) in [6.07, 6.45) is 2.79. The fourth-order valence-corrected chi connectivity index (χ4v) is 0.537. The number of hydrogen-bond acceptors (Lipinski definition) is 4. The van der Waals surface area contributed by atoms with Crippen molar-refractivity contribution in [2.24, 2.45) is 0 Å². The van der Waals surface area contributed by atoms with Crippen LogP contribution >= 0.6 is 12.6 Å². The molecule has 1 N–H and O–H groups in total. The van der Waals surface area contributed by atoms with Gasteiger partial charge in [0.05, 0.1) is 5.25 Å². The Balaban J connectivity index is 2.50. The smallest absolute Gasteiger partial charge is 0.251 e. The molecule has 6 heteroatoms. The number of carbonyl (C=O) groups is 1. The highest BCUT2D eigenvalue weighted by Gasteiger charge is 2.06. The molecule has 0 saturated carbocycles. The fraction of sp³-hybridized carbons (Fsp3) is 0.400. The van der Waals surface area contributed by atoms with E-state index >= 15 is 0 Å². The van der Waals surface area contributed by atoms with E-state index in [9.17, 15) is 4.79 Å². The Morgan fingerprint density at radius 1 is 1.64 bits per heavy atom. The molecule has 1 atom stereocenters. The average molecular weight is 172 g/mol. The van der Waals surface area contributed by atoms with Gasteiger partial charge in [0.1, 0.15) is 12.7 Å². The van der Waals surface area contributed by atoms with Gasteiger partial charge in [-0.15, -0.1) is 10.2 Å². The maximum atomic E-state index is 10.9. The van der Waals surface area contributed by atoms with Gasteiger partial charge in [-0.25, -0.2) is 4.68 Å². The molecule has 0 saturated heterocycles. The van der Waals surface area contributed by atoms with E-state index in [1.807, 2.05) is 0 Å². The van der Waals surface area contributed by atoms with Gasteiger partial charge in [0, 0.05) is 0 Å². The number of hydrogen-bond donors (Lipinski definition) is 2. The van der Waals surface area contributed by atoms with Crippen LogP contribution in [0, 0.1) is 0 Å². The van der Waals surface area contributed by atoms with Gasteiger partial charge in [0.25, 0.3) is 5.91 Å².